The summed E-state index contributed by atoms with van der Waals surface area (Å²) in [6.45, 7) is 0. The van der Waals surface area contributed by atoms with Crippen LogP contribution in [0.15, 0.2) is 53.1 Å². The van der Waals surface area contributed by atoms with E-state index in [1.54, 1.807) is 12.1 Å². The van der Waals surface area contributed by atoms with Gasteiger partial charge in [0.2, 0.25) is 10.0 Å². The highest BCUT2D eigenvalue weighted by Gasteiger charge is 2.38. The maximum Gasteiger partial charge on any atom is 0.471 e. The normalized spacial score (nSPS) is 12.1. The topological polar surface area (TPSA) is 85.1 Å². The van der Waals surface area contributed by atoms with Crippen LogP contribution in [0, 0.1) is 5.82 Å². The second-order valence-electron chi connectivity index (χ2n) is 5.88. The van der Waals surface area contributed by atoms with E-state index in [-0.39, 0.29) is 23.7 Å². The summed E-state index contributed by atoms with van der Waals surface area (Å²) in [6.07, 6.45) is -4.72. The fraction of sp³-hybridized carbons (Fsp3) is 0.176. The Bertz CT molecular complexity index is 1060. The minimum Gasteiger partial charge on any atom is -0.329 e. The molecule has 0 aliphatic heterocycles. The summed E-state index contributed by atoms with van der Waals surface area (Å²) in [6, 6.07) is 11.2. The predicted octanol–water partition coefficient (Wildman–Crippen LogP) is 3.76. The Morgan fingerprint density at radius 2 is 1.71 bits per heavy atom. The molecule has 0 aliphatic carbocycles. The Morgan fingerprint density at radius 1 is 1.04 bits per heavy atom. The molecule has 1 heterocycles. The Morgan fingerprint density at radius 3 is 2.32 bits per heavy atom. The van der Waals surface area contributed by atoms with Gasteiger partial charge >= 0.3 is 12.1 Å². The van der Waals surface area contributed by atoms with Gasteiger partial charge in [0.1, 0.15) is 5.82 Å². The molecule has 3 rings (SSSR count). The highest BCUT2D eigenvalue weighted by molar-refractivity contribution is 7.91. The molecule has 0 saturated carbocycles. The van der Waals surface area contributed by atoms with Crippen LogP contribution in [-0.2, 0) is 28.4 Å². The summed E-state index contributed by atoms with van der Waals surface area (Å²) >= 11 is 0. The third-order valence-electron chi connectivity index (χ3n) is 3.55. The molecule has 11 heteroatoms. The van der Waals surface area contributed by atoms with E-state index in [1.807, 2.05) is 0 Å². The van der Waals surface area contributed by atoms with Crippen LogP contribution in [0.4, 0.5) is 23.2 Å². The van der Waals surface area contributed by atoms with Gasteiger partial charge in [-0.1, -0.05) is 35.5 Å². The van der Waals surface area contributed by atoms with Crippen LogP contribution in [0.5, 0.6) is 0 Å². The lowest BCUT2D eigenvalue weighted by atomic mass is 10.1. The summed E-state index contributed by atoms with van der Waals surface area (Å²) in [4.78, 5) is 3.27. The van der Waals surface area contributed by atoms with E-state index in [9.17, 15) is 26.0 Å². The smallest absolute Gasteiger partial charge is 0.329 e. The maximum atomic E-state index is 13.1. The summed E-state index contributed by atoms with van der Waals surface area (Å²) in [5, 5.41) is 3.27. The lowest BCUT2D eigenvalue weighted by Gasteiger charge is -2.08. The fourth-order valence-corrected chi connectivity index (χ4v) is 3.55. The van der Waals surface area contributed by atoms with E-state index in [0.717, 1.165) is 6.07 Å². The molecule has 6 nitrogen and oxygen atoms in total. The maximum absolute atomic E-state index is 13.1. The van der Waals surface area contributed by atoms with Gasteiger partial charge in [-0.3, -0.25) is 4.72 Å². The first-order chi connectivity index (χ1) is 13.1. The number of rotatable bonds is 6. The van der Waals surface area contributed by atoms with Crippen molar-refractivity contribution in [3.05, 3.63) is 77.2 Å². The molecule has 2 aromatic carbocycles. The van der Waals surface area contributed by atoms with E-state index in [1.165, 1.54) is 30.3 Å². The van der Waals surface area contributed by atoms with Crippen LogP contribution in [0.2, 0.25) is 0 Å². The highest BCUT2D eigenvalue weighted by atomic mass is 32.2. The summed E-state index contributed by atoms with van der Waals surface area (Å²) in [5.74, 6) is -2.49. The number of nitrogens with zero attached hydrogens (tertiary/aromatic N) is 2. The van der Waals surface area contributed by atoms with Gasteiger partial charge in [-0.15, -0.1) is 0 Å². The molecule has 0 unspecified atom stereocenters. The van der Waals surface area contributed by atoms with Crippen LogP contribution in [0.25, 0.3) is 0 Å². The summed E-state index contributed by atoms with van der Waals surface area (Å²) < 4.78 is 81.3. The molecule has 1 aromatic heterocycles. The van der Waals surface area contributed by atoms with Crippen LogP contribution < -0.4 is 4.72 Å². The lowest BCUT2D eigenvalue weighted by Crippen LogP contribution is -2.15. The minimum absolute atomic E-state index is 0.00580. The predicted molar refractivity (Wildman–Crippen MR) is 91.2 cm³/mol. The SMILES string of the molecule is O=S(=O)(Cc1ccc(Cc2noc(C(F)(F)F)n2)cc1)Nc1cccc(F)c1. The van der Waals surface area contributed by atoms with Crippen molar-refractivity contribution in [3.8, 4) is 0 Å². The van der Waals surface area contributed by atoms with Gasteiger partial charge in [0.15, 0.2) is 5.82 Å². The largest absolute Gasteiger partial charge is 0.471 e. The van der Waals surface area contributed by atoms with Gasteiger partial charge in [0.25, 0.3) is 0 Å². The highest BCUT2D eigenvalue weighted by Crippen LogP contribution is 2.27. The van der Waals surface area contributed by atoms with E-state index in [4.69, 9.17) is 0 Å². The second kappa shape index (κ2) is 7.58. The number of aromatic nitrogens is 2. The molecular formula is C17H13F4N3O3S. The van der Waals surface area contributed by atoms with E-state index >= 15 is 0 Å². The Labute approximate surface area is 157 Å². The molecule has 148 valence electrons. The number of hydrogen-bond acceptors (Lipinski definition) is 5. The number of halogens is 4. The number of nitrogens with one attached hydrogen (secondary N) is 1. The molecule has 1 N–H and O–H groups in total. The Kier molecular flexibility index (Phi) is 5.36. The first-order valence-corrected chi connectivity index (χ1v) is 9.50. The summed E-state index contributed by atoms with van der Waals surface area (Å²) in [5.41, 5.74) is 1.12. The molecular weight excluding hydrogens is 402 g/mol. The average Bonchev–Trinajstić information content (AvgIpc) is 3.05. The monoisotopic (exact) mass is 415 g/mol. The molecule has 0 atom stereocenters. The molecule has 0 spiro atoms. The number of sulfonamides is 1. The van der Waals surface area contributed by atoms with Crippen molar-refractivity contribution in [2.75, 3.05) is 4.72 Å². The molecule has 28 heavy (non-hydrogen) atoms. The quantitative estimate of drug-likeness (QED) is 0.620. The van der Waals surface area contributed by atoms with Gasteiger partial charge in [0.05, 0.1) is 11.4 Å². The minimum atomic E-state index is -4.71. The third-order valence-corrected chi connectivity index (χ3v) is 4.81. The Balaban J connectivity index is 1.64. The number of anilines is 1. The van der Waals surface area contributed by atoms with Gasteiger partial charge < -0.3 is 4.52 Å². The molecule has 3 aromatic rings. The first kappa shape index (κ1) is 19.8. The van der Waals surface area contributed by atoms with Crippen molar-refractivity contribution in [1.29, 1.82) is 0 Å². The molecule has 0 aliphatic rings. The third kappa shape index (κ3) is 5.28. The fourth-order valence-electron chi connectivity index (χ4n) is 2.36. The van der Waals surface area contributed by atoms with Crippen molar-refractivity contribution < 1.29 is 30.5 Å². The number of alkyl halides is 3. The molecule has 0 amide bonds. The van der Waals surface area contributed by atoms with Crippen LogP contribution in [0.3, 0.4) is 0 Å². The molecule has 0 radical (unpaired) electrons. The van der Waals surface area contributed by atoms with Crippen molar-refractivity contribution >= 4 is 15.7 Å². The summed E-state index contributed by atoms with van der Waals surface area (Å²) in [7, 11) is -3.77. The zero-order valence-corrected chi connectivity index (χ0v) is 14.9. The van der Waals surface area contributed by atoms with Crippen molar-refractivity contribution in [2.45, 2.75) is 18.3 Å². The van der Waals surface area contributed by atoms with Gasteiger partial charge in [-0.25, -0.2) is 12.8 Å². The number of hydrogen-bond donors (Lipinski definition) is 1. The number of benzene rings is 2. The van der Waals surface area contributed by atoms with Crippen molar-refractivity contribution in [2.24, 2.45) is 0 Å². The lowest BCUT2D eigenvalue weighted by molar-refractivity contribution is -0.159. The van der Waals surface area contributed by atoms with Gasteiger partial charge in [0, 0.05) is 6.42 Å². The zero-order chi connectivity index (χ0) is 20.4. The van der Waals surface area contributed by atoms with Crippen molar-refractivity contribution in [3.63, 3.8) is 0 Å². The van der Waals surface area contributed by atoms with E-state index in [2.05, 4.69) is 19.4 Å². The first-order valence-electron chi connectivity index (χ1n) is 7.84. The van der Waals surface area contributed by atoms with Crippen LogP contribution in [0.1, 0.15) is 22.8 Å². The molecule has 0 fully saturated rings. The second-order valence-corrected chi connectivity index (χ2v) is 7.60. The zero-order valence-electron chi connectivity index (χ0n) is 14.1. The van der Waals surface area contributed by atoms with Crippen molar-refractivity contribution in [1.82, 2.24) is 10.1 Å². The van der Waals surface area contributed by atoms with Crippen LogP contribution in [-0.4, -0.2) is 18.6 Å². The van der Waals surface area contributed by atoms with E-state index in [0.29, 0.717) is 11.1 Å². The van der Waals surface area contributed by atoms with Crippen LogP contribution >= 0.6 is 0 Å². The van der Waals surface area contributed by atoms with Gasteiger partial charge in [-0.05, 0) is 29.3 Å². The molecule has 0 bridgehead atoms. The van der Waals surface area contributed by atoms with E-state index < -0.39 is 27.9 Å². The van der Waals surface area contributed by atoms with Gasteiger partial charge in [-0.2, -0.15) is 18.2 Å². The Hall–Kier alpha value is -2.95. The average molecular weight is 415 g/mol. The standard InChI is InChI=1S/C17H13F4N3O3S/c18-13-2-1-3-14(9-13)24-28(25,26)10-12-6-4-11(5-7-12)8-15-22-16(27-23-15)17(19,20)21/h1-7,9,24H,8,10H2. The molecule has 0 saturated heterocycles.